The van der Waals surface area contributed by atoms with Crippen LogP contribution in [0.5, 0.6) is 23.0 Å². The van der Waals surface area contributed by atoms with E-state index in [1.807, 2.05) is 78.9 Å². The molecule has 0 fully saturated rings. The van der Waals surface area contributed by atoms with Crippen LogP contribution >= 0.6 is 12.4 Å². The first kappa shape index (κ1) is 19.3. The SMILES string of the molecule is Cl.N#CC[C@H](N)c1ccc(Oc2ccccc2)c(Oc2ccccc2)c1. The molecule has 0 heterocycles. The van der Waals surface area contributed by atoms with Crippen molar-refractivity contribution in [1.29, 1.82) is 5.26 Å². The molecule has 0 aliphatic heterocycles. The van der Waals surface area contributed by atoms with Crippen LogP contribution in [0.1, 0.15) is 18.0 Å². The Balaban J connectivity index is 0.00000243. The minimum atomic E-state index is -0.367. The standard InChI is InChI=1S/C21H18N2O2.ClH/c22-14-13-19(23)16-11-12-20(24-17-7-3-1-4-8-17)21(15-16)25-18-9-5-2-6-10-18;/h1-12,15,19H,13,23H2;1H/t19-;/m0./s1. The Morgan fingerprint density at radius 1 is 0.808 bits per heavy atom. The van der Waals surface area contributed by atoms with E-state index in [4.69, 9.17) is 20.5 Å². The number of halogens is 1. The molecule has 5 heteroatoms. The van der Waals surface area contributed by atoms with Gasteiger partial charge in [0.1, 0.15) is 11.5 Å². The van der Waals surface area contributed by atoms with Crippen LogP contribution in [0.2, 0.25) is 0 Å². The molecule has 0 radical (unpaired) electrons. The third-order valence-electron chi connectivity index (χ3n) is 3.65. The monoisotopic (exact) mass is 366 g/mol. The van der Waals surface area contributed by atoms with E-state index >= 15 is 0 Å². The van der Waals surface area contributed by atoms with Crippen molar-refractivity contribution in [2.45, 2.75) is 12.5 Å². The van der Waals surface area contributed by atoms with Gasteiger partial charge in [0.05, 0.1) is 12.5 Å². The fourth-order valence-electron chi connectivity index (χ4n) is 2.37. The van der Waals surface area contributed by atoms with E-state index in [0.29, 0.717) is 17.2 Å². The number of ether oxygens (including phenoxy) is 2. The maximum absolute atomic E-state index is 8.87. The zero-order valence-electron chi connectivity index (χ0n) is 14.0. The van der Waals surface area contributed by atoms with Crippen LogP contribution in [0.15, 0.2) is 78.9 Å². The molecule has 0 amide bonds. The predicted molar refractivity (Wildman–Crippen MR) is 104 cm³/mol. The number of nitrogens with two attached hydrogens (primary N) is 1. The number of hydrogen-bond donors (Lipinski definition) is 1. The van der Waals surface area contributed by atoms with Crippen LogP contribution in [-0.4, -0.2) is 0 Å². The van der Waals surface area contributed by atoms with Crippen LogP contribution in [0.25, 0.3) is 0 Å². The number of para-hydroxylation sites is 2. The maximum Gasteiger partial charge on any atom is 0.170 e. The summed E-state index contributed by atoms with van der Waals surface area (Å²) < 4.78 is 11.9. The second-order valence-corrected chi connectivity index (χ2v) is 5.51. The molecule has 1 atom stereocenters. The largest absolute Gasteiger partial charge is 0.453 e. The number of rotatable bonds is 6. The summed E-state index contributed by atoms with van der Waals surface area (Å²) in [6.45, 7) is 0. The van der Waals surface area contributed by atoms with Crippen molar-refractivity contribution in [2.24, 2.45) is 5.73 Å². The Bertz CT molecular complexity index is 864. The first-order chi connectivity index (χ1) is 12.3. The zero-order valence-corrected chi connectivity index (χ0v) is 14.9. The highest BCUT2D eigenvalue weighted by atomic mass is 35.5. The van der Waals surface area contributed by atoms with Crippen LogP contribution in [-0.2, 0) is 0 Å². The summed E-state index contributed by atoms with van der Waals surface area (Å²) in [5, 5.41) is 8.87. The molecule has 0 aliphatic carbocycles. The van der Waals surface area contributed by atoms with Gasteiger partial charge < -0.3 is 15.2 Å². The normalized spacial score (nSPS) is 10.9. The second kappa shape index (κ2) is 9.47. The summed E-state index contributed by atoms with van der Waals surface area (Å²) in [5.74, 6) is 2.56. The molecule has 132 valence electrons. The molecule has 0 aromatic heterocycles. The Morgan fingerprint density at radius 3 is 1.88 bits per heavy atom. The summed E-state index contributed by atoms with van der Waals surface area (Å²) in [4.78, 5) is 0. The Kier molecular flexibility index (Phi) is 7.04. The lowest BCUT2D eigenvalue weighted by Crippen LogP contribution is -2.09. The summed E-state index contributed by atoms with van der Waals surface area (Å²) in [6, 6.07) is 26.2. The van der Waals surface area contributed by atoms with Crippen molar-refractivity contribution in [3.63, 3.8) is 0 Å². The topological polar surface area (TPSA) is 68.3 Å². The summed E-state index contributed by atoms with van der Waals surface area (Å²) in [7, 11) is 0. The van der Waals surface area contributed by atoms with Crippen LogP contribution < -0.4 is 15.2 Å². The molecule has 2 N–H and O–H groups in total. The molecule has 4 nitrogen and oxygen atoms in total. The highest BCUT2D eigenvalue weighted by Crippen LogP contribution is 2.36. The summed E-state index contributed by atoms with van der Waals surface area (Å²) >= 11 is 0. The third-order valence-corrected chi connectivity index (χ3v) is 3.65. The lowest BCUT2D eigenvalue weighted by Gasteiger charge is -2.15. The lowest BCUT2D eigenvalue weighted by atomic mass is 10.0. The Morgan fingerprint density at radius 2 is 1.35 bits per heavy atom. The molecule has 3 aromatic rings. The fraction of sp³-hybridized carbons (Fsp3) is 0.0952. The van der Waals surface area contributed by atoms with Gasteiger partial charge >= 0.3 is 0 Å². The van der Waals surface area contributed by atoms with Gasteiger partial charge in [-0.2, -0.15) is 5.26 Å². The number of benzene rings is 3. The highest BCUT2D eigenvalue weighted by Gasteiger charge is 2.13. The van der Waals surface area contributed by atoms with Crippen molar-refractivity contribution in [2.75, 3.05) is 0 Å². The first-order valence-corrected chi connectivity index (χ1v) is 7.98. The van der Waals surface area contributed by atoms with E-state index in [2.05, 4.69) is 6.07 Å². The molecule has 3 aromatic carbocycles. The molecular formula is C21H19ClN2O2. The molecule has 0 aliphatic rings. The molecule has 3 rings (SSSR count). The van der Waals surface area contributed by atoms with E-state index in [9.17, 15) is 0 Å². The van der Waals surface area contributed by atoms with E-state index in [1.165, 1.54) is 0 Å². The van der Waals surface area contributed by atoms with Crippen LogP contribution in [0, 0.1) is 11.3 Å². The maximum atomic E-state index is 8.87. The average molecular weight is 367 g/mol. The predicted octanol–water partition coefficient (Wildman–Crippen LogP) is 5.61. The third kappa shape index (κ3) is 5.00. The molecule has 0 bridgehead atoms. The molecule has 0 spiro atoms. The van der Waals surface area contributed by atoms with E-state index in [1.54, 1.807) is 0 Å². The minimum Gasteiger partial charge on any atom is -0.453 e. The quantitative estimate of drug-likeness (QED) is 0.615. The molecule has 0 saturated heterocycles. The van der Waals surface area contributed by atoms with E-state index in [0.717, 1.165) is 11.3 Å². The van der Waals surface area contributed by atoms with Gasteiger partial charge in [-0.05, 0) is 42.0 Å². The van der Waals surface area contributed by atoms with Crippen LogP contribution in [0.3, 0.4) is 0 Å². The smallest absolute Gasteiger partial charge is 0.170 e. The average Bonchev–Trinajstić information content (AvgIpc) is 2.65. The minimum absolute atomic E-state index is 0. The Hall–Kier alpha value is -3.00. The van der Waals surface area contributed by atoms with Crippen molar-refractivity contribution in [1.82, 2.24) is 0 Å². The van der Waals surface area contributed by atoms with Gasteiger partial charge in [0.15, 0.2) is 11.5 Å². The van der Waals surface area contributed by atoms with Gasteiger partial charge in [0, 0.05) is 6.04 Å². The number of hydrogen-bond acceptors (Lipinski definition) is 4. The zero-order chi connectivity index (χ0) is 17.5. The summed E-state index contributed by atoms with van der Waals surface area (Å²) in [6.07, 6.45) is 0.240. The van der Waals surface area contributed by atoms with Crippen molar-refractivity contribution in [3.8, 4) is 29.1 Å². The van der Waals surface area contributed by atoms with Gasteiger partial charge in [-0.3, -0.25) is 0 Å². The van der Waals surface area contributed by atoms with Crippen molar-refractivity contribution < 1.29 is 9.47 Å². The number of nitrogens with zero attached hydrogens (tertiary/aromatic N) is 1. The van der Waals surface area contributed by atoms with Gasteiger partial charge in [-0.25, -0.2) is 0 Å². The highest BCUT2D eigenvalue weighted by molar-refractivity contribution is 5.85. The molecule has 0 unspecified atom stereocenters. The molecular weight excluding hydrogens is 348 g/mol. The summed E-state index contributed by atoms with van der Waals surface area (Å²) in [5.41, 5.74) is 6.88. The van der Waals surface area contributed by atoms with Gasteiger partial charge in [-0.15, -0.1) is 12.4 Å². The van der Waals surface area contributed by atoms with Crippen LogP contribution in [0.4, 0.5) is 0 Å². The lowest BCUT2D eigenvalue weighted by molar-refractivity contribution is 0.417. The van der Waals surface area contributed by atoms with Crippen molar-refractivity contribution >= 4 is 12.4 Å². The van der Waals surface area contributed by atoms with Gasteiger partial charge in [0.2, 0.25) is 0 Å². The fourth-order valence-corrected chi connectivity index (χ4v) is 2.37. The molecule has 0 saturated carbocycles. The second-order valence-electron chi connectivity index (χ2n) is 5.51. The first-order valence-electron chi connectivity index (χ1n) is 7.98. The van der Waals surface area contributed by atoms with Gasteiger partial charge in [0.25, 0.3) is 0 Å². The van der Waals surface area contributed by atoms with E-state index in [-0.39, 0.29) is 24.9 Å². The van der Waals surface area contributed by atoms with E-state index < -0.39 is 0 Å². The van der Waals surface area contributed by atoms with Gasteiger partial charge in [-0.1, -0.05) is 42.5 Å². The number of nitriles is 1. The van der Waals surface area contributed by atoms with Crippen molar-refractivity contribution in [3.05, 3.63) is 84.4 Å². The Labute approximate surface area is 159 Å². The molecule has 26 heavy (non-hydrogen) atoms.